The van der Waals surface area contributed by atoms with E-state index in [-0.39, 0.29) is 63.0 Å². The van der Waals surface area contributed by atoms with Crippen LogP contribution in [-0.2, 0) is 95.7 Å². The second-order valence-corrected chi connectivity index (χ2v) is 17.7. The maximum Gasteiger partial charge on any atom is 0.343 e. The third-order valence-electron chi connectivity index (χ3n) is 13.4. The fourth-order valence-corrected chi connectivity index (χ4v) is 10.1. The van der Waals surface area contributed by atoms with Gasteiger partial charge in [0.25, 0.3) is 0 Å². The molecule has 0 saturated carbocycles. The monoisotopic (exact) mass is 944 g/mol. The molecule has 4 aliphatic carbocycles. The van der Waals surface area contributed by atoms with E-state index in [4.69, 9.17) is 0 Å². The van der Waals surface area contributed by atoms with Crippen molar-refractivity contribution in [3.63, 3.8) is 0 Å². The van der Waals surface area contributed by atoms with Crippen LogP contribution < -0.4 is 0 Å². The molecule has 360 valence electrons. The molecule has 8 aliphatic rings. The molecular weight excluding hydrogens is 897 g/mol. The van der Waals surface area contributed by atoms with E-state index in [9.17, 15) is 76.7 Å². The molecule has 0 radical (unpaired) electrons. The molecule has 3 fully saturated rings. The quantitative estimate of drug-likeness (QED) is 0.145. The van der Waals surface area contributed by atoms with Crippen LogP contribution in [0.2, 0.25) is 0 Å². The Balaban J connectivity index is 0.000000169. The van der Waals surface area contributed by atoms with Gasteiger partial charge in [0, 0.05) is 34.8 Å². The highest BCUT2D eigenvalue weighted by Crippen LogP contribution is 2.44. The predicted octanol–water partition coefficient (Wildman–Crippen LogP) is 1.85. The summed E-state index contributed by atoms with van der Waals surface area (Å²) in [5, 5.41) is 0. The molecule has 68 heavy (non-hydrogen) atoms. The van der Waals surface area contributed by atoms with Gasteiger partial charge in [-0.2, -0.15) is 0 Å². The fraction of sp³-hybridized carbons (Fsp3) is 0.500. The van der Waals surface area contributed by atoms with Crippen LogP contribution in [-0.4, -0.2) is 94.0 Å². The van der Waals surface area contributed by atoms with Crippen molar-refractivity contribution >= 4 is 94.0 Å². The Hall–Kier alpha value is -7.12. The minimum Gasteiger partial charge on any atom is -0.393 e. The molecule has 0 amide bonds. The Labute approximate surface area is 387 Å². The number of ether oxygens (including phenoxy) is 4. The fourth-order valence-electron chi connectivity index (χ4n) is 10.1. The van der Waals surface area contributed by atoms with E-state index in [0.717, 1.165) is 0 Å². The Morgan fingerprint density at radius 1 is 0.426 bits per heavy atom. The van der Waals surface area contributed by atoms with Crippen LogP contribution in [0.4, 0.5) is 0 Å². The lowest BCUT2D eigenvalue weighted by molar-refractivity contribution is -0.156. The molecule has 20 nitrogen and oxygen atoms in total. The molecule has 11 unspecified atom stereocenters. The van der Waals surface area contributed by atoms with Crippen LogP contribution >= 0.6 is 0 Å². The topological polar surface area (TPSA) is 310 Å². The number of esters is 8. The number of ketones is 8. The number of allylic oxidation sites excluding steroid dienone is 4. The average molecular weight is 945 g/mol. The Bertz CT molecular complexity index is 2440. The summed E-state index contributed by atoms with van der Waals surface area (Å²) in [4.78, 5) is 184. The van der Waals surface area contributed by atoms with Gasteiger partial charge in [0.15, 0.2) is 11.6 Å². The first-order chi connectivity index (χ1) is 31.7. The molecule has 4 aliphatic heterocycles. The molecule has 11 atom stereocenters. The molecule has 0 aromatic heterocycles. The average Bonchev–Trinajstić information content (AvgIpc) is 3.94. The van der Waals surface area contributed by atoms with Gasteiger partial charge >= 0.3 is 47.8 Å². The molecule has 0 N–H and O–H groups in total. The highest BCUT2D eigenvalue weighted by molar-refractivity contribution is 6.18. The summed E-state index contributed by atoms with van der Waals surface area (Å²) in [6.45, 7) is 10.9. The highest BCUT2D eigenvalue weighted by atomic mass is 16.6. The second kappa shape index (κ2) is 20.4. The summed E-state index contributed by atoms with van der Waals surface area (Å²) in [5.41, 5.74) is 0.948. The van der Waals surface area contributed by atoms with Crippen LogP contribution in [0.1, 0.15) is 87.5 Å². The maximum absolute atomic E-state index is 11.6. The third-order valence-corrected chi connectivity index (χ3v) is 13.4. The van der Waals surface area contributed by atoms with Gasteiger partial charge in [-0.05, 0) is 87.5 Å². The molecule has 20 heteroatoms. The lowest BCUT2D eigenvalue weighted by Crippen LogP contribution is -2.38. The van der Waals surface area contributed by atoms with Gasteiger partial charge < -0.3 is 18.9 Å². The van der Waals surface area contributed by atoms with Crippen molar-refractivity contribution in [2.24, 2.45) is 65.1 Å². The van der Waals surface area contributed by atoms with Crippen molar-refractivity contribution in [3.05, 3.63) is 46.1 Å². The van der Waals surface area contributed by atoms with Crippen molar-refractivity contribution in [2.45, 2.75) is 87.5 Å². The molecule has 0 aromatic rings. The van der Waals surface area contributed by atoms with Crippen molar-refractivity contribution in [2.75, 3.05) is 0 Å². The summed E-state index contributed by atoms with van der Waals surface area (Å²) in [5.74, 6) is -15.2. The number of rotatable bonds is 8. The van der Waals surface area contributed by atoms with Crippen molar-refractivity contribution in [3.8, 4) is 0 Å². The largest absolute Gasteiger partial charge is 0.393 e. The van der Waals surface area contributed by atoms with E-state index in [1.54, 1.807) is 6.08 Å². The number of carbonyl (C=O) groups excluding carboxylic acids is 16. The van der Waals surface area contributed by atoms with E-state index < -0.39 is 113 Å². The number of hydrogen-bond donors (Lipinski definition) is 0. The van der Waals surface area contributed by atoms with E-state index in [0.29, 0.717) is 43.3 Å². The number of hydrogen-bond acceptors (Lipinski definition) is 20. The second-order valence-electron chi connectivity index (χ2n) is 17.7. The van der Waals surface area contributed by atoms with Crippen molar-refractivity contribution in [1.29, 1.82) is 0 Å². The molecule has 0 bridgehead atoms. The number of carbonyl (C=O) groups is 16. The lowest BCUT2D eigenvalue weighted by Gasteiger charge is -2.27. The number of cyclic esters (lactones) is 8. The van der Waals surface area contributed by atoms with Gasteiger partial charge in [0.05, 0.1) is 58.1 Å². The van der Waals surface area contributed by atoms with Gasteiger partial charge in [0.1, 0.15) is 34.7 Å². The lowest BCUT2D eigenvalue weighted by atomic mass is 9.69. The van der Waals surface area contributed by atoms with Crippen molar-refractivity contribution in [1.82, 2.24) is 0 Å². The summed E-state index contributed by atoms with van der Waals surface area (Å²) < 4.78 is 18.1. The highest BCUT2D eigenvalue weighted by Gasteiger charge is 2.56. The zero-order valence-electron chi connectivity index (χ0n) is 38.3. The molecule has 3 saturated heterocycles. The van der Waals surface area contributed by atoms with Crippen LogP contribution in [0.3, 0.4) is 0 Å². The summed E-state index contributed by atoms with van der Waals surface area (Å²) in [7, 11) is 0. The first-order valence-corrected chi connectivity index (χ1v) is 21.7. The van der Waals surface area contributed by atoms with E-state index in [2.05, 4.69) is 18.9 Å². The first kappa shape index (κ1) is 51.9. The minimum atomic E-state index is -0.886. The summed E-state index contributed by atoms with van der Waals surface area (Å²) >= 11 is 0. The molecule has 8 rings (SSSR count). The van der Waals surface area contributed by atoms with Gasteiger partial charge in [-0.25, -0.2) is 14.4 Å². The number of fused-ring (bicyclic) bond motifs is 3. The molecule has 0 aromatic carbocycles. The molecular formula is C48H48O20. The molecule has 4 heterocycles. The van der Waals surface area contributed by atoms with Crippen LogP contribution in [0, 0.1) is 65.1 Å². The SMILES string of the molecule is CC(=O)C1=C2C(=O)OC(=O)C2C(C(C)=O)CC1.CC(=O)C1=CCC(C(C)=O)C2C(=O)OC(=O)C12.CC(=O)C1C=CC(C(C)=O)C2C(=O)OC(=O)C12.CC(=O)C1CCC(C(C)=O)C2=C1C(=O)OC2=O. The van der Waals surface area contributed by atoms with Gasteiger partial charge in [-0.1, -0.05) is 18.2 Å². The van der Waals surface area contributed by atoms with Gasteiger partial charge in [-0.3, -0.25) is 62.3 Å². The standard InChI is InChI=1S/4C12H12O5/c4*1-5(13)7-3-4-8(6(2)14)10-9(7)11(15)17-12(10)16/h7,9H,3-4H2,1-2H3;7-8H,3-4H2,1-2H3;3,8-10H,4H2,1-2H3;3-4,7-10H,1-2H3. The molecule has 0 spiro atoms. The van der Waals surface area contributed by atoms with E-state index >= 15 is 0 Å². The summed E-state index contributed by atoms with van der Waals surface area (Å²) in [6.07, 6.45) is 6.57. The van der Waals surface area contributed by atoms with Gasteiger partial charge in [-0.15, -0.1) is 0 Å². The number of Topliss-reactive ketones (excluding diaryl/α,β-unsaturated/α-hetero) is 8. The summed E-state index contributed by atoms with van der Waals surface area (Å²) in [6, 6.07) is 0. The van der Waals surface area contributed by atoms with Crippen molar-refractivity contribution < 1.29 is 95.7 Å². The first-order valence-electron chi connectivity index (χ1n) is 21.7. The predicted molar refractivity (Wildman–Crippen MR) is 223 cm³/mol. The van der Waals surface area contributed by atoms with Crippen LogP contribution in [0.25, 0.3) is 0 Å². The zero-order valence-corrected chi connectivity index (χ0v) is 38.3. The maximum atomic E-state index is 11.6. The third kappa shape index (κ3) is 9.94. The van der Waals surface area contributed by atoms with E-state index in [1.165, 1.54) is 67.5 Å². The Morgan fingerprint density at radius 3 is 1.26 bits per heavy atom. The van der Waals surface area contributed by atoms with Crippen LogP contribution in [0.5, 0.6) is 0 Å². The van der Waals surface area contributed by atoms with Crippen LogP contribution in [0.15, 0.2) is 46.1 Å². The minimum absolute atomic E-state index is 0.106. The smallest absolute Gasteiger partial charge is 0.343 e. The normalized spacial score (nSPS) is 30.7. The zero-order chi connectivity index (χ0) is 51.0. The van der Waals surface area contributed by atoms with Gasteiger partial charge in [0.2, 0.25) is 0 Å². The Morgan fingerprint density at radius 2 is 0.853 bits per heavy atom. The Kier molecular flexibility index (Phi) is 15.6. The van der Waals surface area contributed by atoms with E-state index in [1.807, 2.05) is 0 Å².